The fraction of sp³-hybridized carbons (Fsp3) is 0.333. The minimum atomic E-state index is -0.180. The Morgan fingerprint density at radius 2 is 1.67 bits per heavy atom. The third-order valence-corrected chi connectivity index (χ3v) is 7.21. The number of nitrogens with two attached hydrogens (primary N) is 1. The summed E-state index contributed by atoms with van der Waals surface area (Å²) in [6.45, 7) is 0. The number of benzene rings is 2. The van der Waals surface area contributed by atoms with Crippen LogP contribution in [0.5, 0.6) is 23.0 Å². The van der Waals surface area contributed by atoms with Gasteiger partial charge in [0.1, 0.15) is 17.0 Å². The molecule has 1 aliphatic carbocycles. The van der Waals surface area contributed by atoms with Crippen LogP contribution in [0.15, 0.2) is 53.1 Å². The molecule has 39 heavy (non-hydrogen) atoms. The molecule has 3 N–H and O–H groups in total. The predicted molar refractivity (Wildman–Crippen MR) is 149 cm³/mol. The van der Waals surface area contributed by atoms with Crippen LogP contribution in [-0.2, 0) is 0 Å². The maximum absolute atomic E-state index is 13.2. The molecule has 5 rings (SSSR count). The molecule has 1 fully saturated rings. The van der Waals surface area contributed by atoms with E-state index in [-0.39, 0.29) is 18.0 Å². The quantitative estimate of drug-likeness (QED) is 0.319. The van der Waals surface area contributed by atoms with Crippen LogP contribution in [0.1, 0.15) is 36.0 Å². The molecule has 1 aliphatic rings. The van der Waals surface area contributed by atoms with Crippen molar-refractivity contribution in [3.05, 3.63) is 54.2 Å². The Hall–Kier alpha value is -4.24. The van der Waals surface area contributed by atoms with E-state index in [4.69, 9.17) is 29.1 Å². The van der Waals surface area contributed by atoms with Gasteiger partial charge in [0, 0.05) is 41.0 Å². The monoisotopic (exact) mass is 531 g/mol. The Balaban J connectivity index is 1.55. The molecule has 1 amide bonds. The maximum atomic E-state index is 13.2. The van der Waals surface area contributed by atoms with Crippen molar-refractivity contribution in [2.24, 2.45) is 5.73 Å². The van der Waals surface area contributed by atoms with Gasteiger partial charge in [0.25, 0.3) is 5.91 Å². The summed E-state index contributed by atoms with van der Waals surface area (Å²) in [4.78, 5) is 17.8. The normalized spacial score (nSPS) is 17.1. The maximum Gasteiger partial charge on any atom is 0.251 e. The number of amides is 1. The van der Waals surface area contributed by atoms with E-state index in [1.54, 1.807) is 40.7 Å². The number of nitrogens with zero attached hydrogens (tertiary/aromatic N) is 1. The molecule has 9 heteroatoms. The first-order chi connectivity index (χ1) is 18.9. The molecule has 204 valence electrons. The molecule has 2 heterocycles. The molecule has 2 aromatic heterocycles. The first kappa shape index (κ1) is 26.4. The fourth-order valence-corrected chi connectivity index (χ4v) is 5.12. The molecule has 4 aromatic rings. The predicted octanol–water partition coefficient (Wildman–Crippen LogP) is 5.20. The third kappa shape index (κ3) is 5.22. The van der Waals surface area contributed by atoms with Crippen LogP contribution in [0.3, 0.4) is 0 Å². The van der Waals surface area contributed by atoms with Crippen molar-refractivity contribution < 1.29 is 28.2 Å². The van der Waals surface area contributed by atoms with E-state index in [2.05, 4.69) is 10.3 Å². The summed E-state index contributed by atoms with van der Waals surface area (Å²) in [7, 11) is 6.27. The SMILES string of the molecule is COc1cc(C(=O)NC2CCCCC2N)cc(-c2ccnc3cc(-c4cc(OC)c(OC)c(OC)c4)oc23)c1. The second-order valence-electron chi connectivity index (χ2n) is 9.58. The van der Waals surface area contributed by atoms with Gasteiger partial charge in [-0.15, -0.1) is 0 Å². The van der Waals surface area contributed by atoms with Crippen LogP contribution in [0.25, 0.3) is 33.6 Å². The lowest BCUT2D eigenvalue weighted by molar-refractivity contribution is 0.0921. The molecular formula is C30H33N3O6. The van der Waals surface area contributed by atoms with E-state index >= 15 is 0 Å². The molecule has 0 spiro atoms. The summed E-state index contributed by atoms with van der Waals surface area (Å²) in [5, 5.41) is 3.12. The average molecular weight is 532 g/mol. The van der Waals surface area contributed by atoms with Crippen molar-refractivity contribution in [2.75, 3.05) is 28.4 Å². The summed E-state index contributed by atoms with van der Waals surface area (Å²) in [6, 6.07) is 12.7. The highest BCUT2D eigenvalue weighted by atomic mass is 16.5. The van der Waals surface area contributed by atoms with Gasteiger partial charge in [0.15, 0.2) is 17.1 Å². The van der Waals surface area contributed by atoms with Gasteiger partial charge >= 0.3 is 0 Å². The van der Waals surface area contributed by atoms with E-state index in [1.165, 1.54) is 0 Å². The minimum Gasteiger partial charge on any atom is -0.497 e. The number of fused-ring (bicyclic) bond motifs is 1. The Bertz CT molecular complexity index is 1470. The van der Waals surface area contributed by atoms with Crippen molar-refractivity contribution in [3.8, 4) is 45.4 Å². The zero-order valence-electron chi connectivity index (χ0n) is 22.6. The van der Waals surface area contributed by atoms with E-state index in [0.29, 0.717) is 45.4 Å². The van der Waals surface area contributed by atoms with Gasteiger partial charge in [0.05, 0.1) is 28.4 Å². The fourth-order valence-electron chi connectivity index (χ4n) is 5.12. The van der Waals surface area contributed by atoms with E-state index in [0.717, 1.165) is 42.4 Å². The summed E-state index contributed by atoms with van der Waals surface area (Å²) < 4.78 is 28.4. The van der Waals surface area contributed by atoms with Crippen LogP contribution in [-0.4, -0.2) is 51.4 Å². The Morgan fingerprint density at radius 3 is 2.33 bits per heavy atom. The molecule has 1 saturated carbocycles. The van der Waals surface area contributed by atoms with Crippen LogP contribution in [0, 0.1) is 0 Å². The minimum absolute atomic E-state index is 0.0376. The lowest BCUT2D eigenvalue weighted by Gasteiger charge is -2.29. The van der Waals surface area contributed by atoms with Crippen molar-refractivity contribution in [3.63, 3.8) is 0 Å². The summed E-state index contributed by atoms with van der Waals surface area (Å²) in [5.41, 5.74) is 10.3. The number of carbonyl (C=O) groups is 1. The van der Waals surface area contributed by atoms with Crippen molar-refractivity contribution in [1.82, 2.24) is 10.3 Å². The first-order valence-corrected chi connectivity index (χ1v) is 12.9. The number of ether oxygens (including phenoxy) is 4. The summed E-state index contributed by atoms with van der Waals surface area (Å²) in [6.07, 6.45) is 5.66. The highest BCUT2D eigenvalue weighted by molar-refractivity contribution is 5.98. The highest BCUT2D eigenvalue weighted by Gasteiger charge is 2.25. The number of carbonyl (C=O) groups excluding carboxylic acids is 1. The van der Waals surface area contributed by atoms with Gasteiger partial charge in [0.2, 0.25) is 5.75 Å². The second-order valence-corrected chi connectivity index (χ2v) is 9.58. The zero-order chi connectivity index (χ0) is 27.5. The van der Waals surface area contributed by atoms with Gasteiger partial charge in [-0.1, -0.05) is 12.8 Å². The number of methoxy groups -OCH3 is 4. The topological polar surface area (TPSA) is 118 Å². The molecule has 9 nitrogen and oxygen atoms in total. The molecule has 2 unspecified atom stereocenters. The van der Waals surface area contributed by atoms with Crippen LogP contribution >= 0.6 is 0 Å². The molecular weight excluding hydrogens is 498 g/mol. The van der Waals surface area contributed by atoms with E-state index in [1.807, 2.05) is 36.4 Å². The summed E-state index contributed by atoms with van der Waals surface area (Å²) >= 11 is 0. The molecule has 0 aliphatic heterocycles. The van der Waals surface area contributed by atoms with Gasteiger partial charge in [-0.3, -0.25) is 9.78 Å². The third-order valence-electron chi connectivity index (χ3n) is 7.21. The lowest BCUT2D eigenvalue weighted by atomic mass is 9.90. The van der Waals surface area contributed by atoms with Crippen molar-refractivity contribution >= 4 is 17.0 Å². The average Bonchev–Trinajstić information content (AvgIpc) is 3.42. The number of hydrogen-bond donors (Lipinski definition) is 2. The number of nitrogens with one attached hydrogen (secondary N) is 1. The van der Waals surface area contributed by atoms with Crippen LogP contribution < -0.4 is 30.0 Å². The standard InChI is InChI=1S/C30H33N3O6/c1-35-20-12-17(11-19(13-20)30(34)33-23-8-6-5-7-22(23)31)21-9-10-32-24-16-25(39-28(21)24)18-14-26(36-2)29(38-4)27(15-18)37-3/h9-16,22-23H,5-8,31H2,1-4H3,(H,33,34). The zero-order valence-corrected chi connectivity index (χ0v) is 22.6. The summed E-state index contributed by atoms with van der Waals surface area (Å²) in [5.74, 6) is 2.49. The first-order valence-electron chi connectivity index (χ1n) is 12.9. The van der Waals surface area contributed by atoms with Crippen LogP contribution in [0.2, 0.25) is 0 Å². The van der Waals surface area contributed by atoms with Gasteiger partial charge in [-0.05, 0) is 54.8 Å². The van der Waals surface area contributed by atoms with Gasteiger partial charge < -0.3 is 34.4 Å². The Kier molecular flexibility index (Phi) is 7.60. The van der Waals surface area contributed by atoms with E-state index in [9.17, 15) is 4.79 Å². The van der Waals surface area contributed by atoms with Crippen LogP contribution in [0.4, 0.5) is 0 Å². The number of furan rings is 1. The largest absolute Gasteiger partial charge is 0.497 e. The Morgan fingerprint density at radius 1 is 0.923 bits per heavy atom. The molecule has 0 radical (unpaired) electrons. The number of aromatic nitrogens is 1. The lowest BCUT2D eigenvalue weighted by Crippen LogP contribution is -2.49. The number of rotatable bonds is 8. The molecule has 0 bridgehead atoms. The smallest absolute Gasteiger partial charge is 0.251 e. The Labute approximate surface area is 227 Å². The van der Waals surface area contributed by atoms with Gasteiger partial charge in [-0.2, -0.15) is 0 Å². The molecule has 2 aromatic carbocycles. The number of pyridine rings is 1. The van der Waals surface area contributed by atoms with Gasteiger partial charge in [-0.25, -0.2) is 0 Å². The highest BCUT2D eigenvalue weighted by Crippen LogP contribution is 2.43. The van der Waals surface area contributed by atoms with Crippen molar-refractivity contribution in [1.29, 1.82) is 0 Å². The van der Waals surface area contributed by atoms with Crippen molar-refractivity contribution in [2.45, 2.75) is 37.8 Å². The number of hydrogen-bond acceptors (Lipinski definition) is 8. The molecule has 0 saturated heterocycles. The molecule has 2 atom stereocenters. The van der Waals surface area contributed by atoms with E-state index < -0.39 is 0 Å². The second kappa shape index (κ2) is 11.2.